The Hall–Kier alpha value is -1.45. The number of rotatable bonds is 4. The van der Waals surface area contributed by atoms with Gasteiger partial charge in [0.25, 0.3) is 0 Å². The van der Waals surface area contributed by atoms with E-state index in [4.69, 9.17) is 9.47 Å². The van der Waals surface area contributed by atoms with Gasteiger partial charge in [-0.05, 0) is 18.1 Å². The minimum Gasteiger partial charge on any atom is -0.454 e. The van der Waals surface area contributed by atoms with Gasteiger partial charge >= 0.3 is 0 Å². The number of benzene rings is 1. The lowest BCUT2D eigenvalue weighted by Gasteiger charge is -2.43. The molecule has 0 aliphatic carbocycles. The van der Waals surface area contributed by atoms with Crippen LogP contribution in [0.15, 0.2) is 12.1 Å². The van der Waals surface area contributed by atoms with Crippen molar-refractivity contribution in [1.82, 2.24) is 4.90 Å². The van der Waals surface area contributed by atoms with Crippen molar-refractivity contribution < 1.29 is 34.3 Å². The van der Waals surface area contributed by atoms with Crippen molar-refractivity contribution >= 4 is 0 Å². The van der Waals surface area contributed by atoms with E-state index in [2.05, 4.69) is 0 Å². The lowest BCUT2D eigenvalue weighted by molar-refractivity contribution is -0.144. The van der Waals surface area contributed by atoms with Crippen LogP contribution in [0.2, 0.25) is 0 Å². The van der Waals surface area contributed by atoms with Crippen LogP contribution in [0.3, 0.4) is 0 Å². The van der Waals surface area contributed by atoms with Gasteiger partial charge in [-0.3, -0.25) is 4.90 Å². The molecule has 1 aromatic carbocycles. The van der Waals surface area contributed by atoms with Crippen molar-refractivity contribution in [3.05, 3.63) is 23.5 Å². The number of fused-ring (bicyclic) bond motifs is 1. The Morgan fingerprint density at radius 3 is 2.52 bits per heavy atom. The van der Waals surface area contributed by atoms with E-state index in [0.29, 0.717) is 30.0 Å². The Balaban J connectivity index is 1.70. The number of likely N-dealkylation sites (tertiary alicyclic amines) is 1. The minimum atomic E-state index is -1.30. The highest BCUT2D eigenvalue weighted by Crippen LogP contribution is 2.34. The van der Waals surface area contributed by atoms with Gasteiger partial charge in [-0.1, -0.05) is 0 Å². The highest BCUT2D eigenvalue weighted by atomic mass is 19.1. The van der Waals surface area contributed by atoms with Gasteiger partial charge in [0.15, 0.2) is 11.5 Å². The van der Waals surface area contributed by atoms with Crippen molar-refractivity contribution in [3.8, 4) is 11.5 Å². The molecule has 3 rings (SSSR count). The Kier molecular flexibility index (Phi) is 4.69. The van der Waals surface area contributed by atoms with Crippen molar-refractivity contribution in [3.63, 3.8) is 0 Å². The maximum atomic E-state index is 14.1. The molecule has 0 bridgehead atoms. The zero-order valence-electron chi connectivity index (χ0n) is 12.4. The smallest absolute Gasteiger partial charge is 0.231 e. The Bertz CT molecular complexity index is 571. The molecule has 7 nitrogen and oxygen atoms in total. The third kappa shape index (κ3) is 3.13. The second-order valence-electron chi connectivity index (χ2n) is 5.84. The van der Waals surface area contributed by atoms with Gasteiger partial charge in [-0.15, -0.1) is 0 Å². The molecule has 8 heteroatoms. The summed E-state index contributed by atoms with van der Waals surface area (Å²) in [6, 6.07) is 2.13. The molecule has 0 aromatic heterocycles. The summed E-state index contributed by atoms with van der Waals surface area (Å²) in [5, 5.41) is 38.8. The van der Waals surface area contributed by atoms with Crippen LogP contribution in [-0.4, -0.2) is 76.2 Å². The lowest BCUT2D eigenvalue weighted by atomic mass is 9.94. The van der Waals surface area contributed by atoms with E-state index >= 15 is 0 Å². The quantitative estimate of drug-likeness (QED) is 0.553. The summed E-state index contributed by atoms with van der Waals surface area (Å²) in [6.45, 7) is 0.0973. The van der Waals surface area contributed by atoms with Crippen molar-refractivity contribution in [2.45, 2.75) is 30.8 Å². The molecule has 0 amide bonds. The van der Waals surface area contributed by atoms with E-state index < -0.39 is 30.2 Å². The molecule has 0 saturated carbocycles. The average molecular weight is 329 g/mol. The number of aliphatic hydroxyl groups excluding tert-OH is 4. The molecule has 4 N–H and O–H groups in total. The fraction of sp³-hybridized carbons (Fsp3) is 0.600. The normalized spacial score (nSPS) is 30.7. The van der Waals surface area contributed by atoms with Crippen LogP contribution in [0, 0.1) is 5.82 Å². The number of nitrogens with zero attached hydrogens (tertiary/aromatic N) is 1. The summed E-state index contributed by atoms with van der Waals surface area (Å²) >= 11 is 0. The predicted octanol–water partition coefficient (Wildman–Crippen LogP) is -1.14. The van der Waals surface area contributed by atoms with Gasteiger partial charge in [-0.2, -0.15) is 0 Å². The van der Waals surface area contributed by atoms with Crippen LogP contribution in [0.4, 0.5) is 4.39 Å². The zero-order chi connectivity index (χ0) is 16.6. The number of β-amino-alcohol motifs (C(OH)–C–C–N with tert-alkyl or cyclic N) is 1. The van der Waals surface area contributed by atoms with E-state index in [-0.39, 0.29) is 19.9 Å². The van der Waals surface area contributed by atoms with Crippen molar-refractivity contribution in [2.24, 2.45) is 0 Å². The minimum absolute atomic E-state index is 0.0627. The van der Waals surface area contributed by atoms with Crippen LogP contribution < -0.4 is 9.47 Å². The van der Waals surface area contributed by atoms with E-state index in [1.807, 2.05) is 0 Å². The number of hydrogen-bond donors (Lipinski definition) is 4. The van der Waals surface area contributed by atoms with Crippen LogP contribution >= 0.6 is 0 Å². The summed E-state index contributed by atoms with van der Waals surface area (Å²) in [5.74, 6) is 0.425. The van der Waals surface area contributed by atoms with Crippen LogP contribution in [0.25, 0.3) is 0 Å². The number of hydrogen-bond acceptors (Lipinski definition) is 7. The number of ether oxygens (including phenoxy) is 2. The first-order valence-electron chi connectivity index (χ1n) is 7.48. The molecule has 0 radical (unpaired) electrons. The monoisotopic (exact) mass is 329 g/mol. The van der Waals surface area contributed by atoms with E-state index in [1.54, 1.807) is 11.0 Å². The van der Waals surface area contributed by atoms with Gasteiger partial charge in [-0.25, -0.2) is 4.39 Å². The molecule has 1 saturated heterocycles. The molecular formula is C15H20FNO6. The van der Waals surface area contributed by atoms with Gasteiger partial charge in [0.2, 0.25) is 6.79 Å². The molecule has 2 aliphatic heterocycles. The zero-order valence-corrected chi connectivity index (χ0v) is 12.4. The lowest BCUT2D eigenvalue weighted by Crippen LogP contribution is -2.62. The molecule has 1 aromatic rings. The van der Waals surface area contributed by atoms with Crippen molar-refractivity contribution in [2.75, 3.05) is 26.5 Å². The first kappa shape index (κ1) is 16.4. The van der Waals surface area contributed by atoms with E-state index in [1.165, 1.54) is 6.07 Å². The highest BCUT2D eigenvalue weighted by Gasteiger charge is 2.40. The van der Waals surface area contributed by atoms with Crippen molar-refractivity contribution in [1.29, 1.82) is 0 Å². The molecule has 1 fully saturated rings. The fourth-order valence-electron chi connectivity index (χ4n) is 3.05. The number of halogens is 1. The van der Waals surface area contributed by atoms with Crippen LogP contribution in [-0.2, 0) is 6.42 Å². The topological polar surface area (TPSA) is 103 Å². The van der Waals surface area contributed by atoms with Crippen LogP contribution in [0.5, 0.6) is 11.5 Å². The SMILES string of the molecule is OC[C@@H]1[C@@H](O)[C@H](O)[C@@H](O)CN1CCc1cc2c(cc1F)OCO2. The fourth-order valence-corrected chi connectivity index (χ4v) is 3.05. The highest BCUT2D eigenvalue weighted by molar-refractivity contribution is 5.45. The molecule has 128 valence electrons. The number of aliphatic hydroxyl groups is 4. The second-order valence-corrected chi connectivity index (χ2v) is 5.84. The van der Waals surface area contributed by atoms with E-state index in [0.717, 1.165) is 0 Å². The molecule has 2 aliphatic rings. The third-order valence-electron chi connectivity index (χ3n) is 4.43. The second kappa shape index (κ2) is 6.58. The average Bonchev–Trinajstić information content (AvgIpc) is 2.97. The predicted molar refractivity (Wildman–Crippen MR) is 76.7 cm³/mol. The molecular weight excluding hydrogens is 309 g/mol. The maximum Gasteiger partial charge on any atom is 0.231 e. The molecule has 0 spiro atoms. The summed E-state index contributed by atoms with van der Waals surface area (Å²) in [6.07, 6.45) is -3.38. The number of piperidine rings is 1. The standard InChI is InChI=1S/C15H20FNO6/c16-9-4-13-12(22-7-23-13)3-8(9)1-2-17-5-11(19)15(21)14(20)10(17)6-18/h3-4,10-11,14-15,18-21H,1-2,5-7H2/t10-,11+,14-,15-/m1/s1. The third-order valence-corrected chi connectivity index (χ3v) is 4.43. The Morgan fingerprint density at radius 2 is 1.83 bits per heavy atom. The van der Waals surface area contributed by atoms with Gasteiger partial charge in [0.05, 0.1) is 18.8 Å². The van der Waals surface area contributed by atoms with E-state index in [9.17, 15) is 24.8 Å². The Labute approximate surface area is 132 Å². The summed E-state index contributed by atoms with van der Waals surface area (Å²) < 4.78 is 24.4. The first-order valence-corrected chi connectivity index (χ1v) is 7.48. The molecule has 2 heterocycles. The largest absolute Gasteiger partial charge is 0.454 e. The van der Waals surface area contributed by atoms with Gasteiger partial charge < -0.3 is 29.9 Å². The maximum absolute atomic E-state index is 14.1. The van der Waals surface area contributed by atoms with Gasteiger partial charge in [0, 0.05) is 19.2 Å². The van der Waals surface area contributed by atoms with Crippen LogP contribution in [0.1, 0.15) is 5.56 Å². The van der Waals surface area contributed by atoms with Gasteiger partial charge in [0.1, 0.15) is 18.0 Å². The first-order chi connectivity index (χ1) is 11.0. The molecule has 4 atom stereocenters. The summed E-state index contributed by atoms with van der Waals surface area (Å²) in [7, 11) is 0. The Morgan fingerprint density at radius 1 is 1.13 bits per heavy atom. The molecule has 23 heavy (non-hydrogen) atoms. The summed E-state index contributed by atoms with van der Waals surface area (Å²) in [5.41, 5.74) is 0.418. The summed E-state index contributed by atoms with van der Waals surface area (Å²) in [4.78, 5) is 1.64. The molecule has 0 unspecified atom stereocenters.